The van der Waals surface area contributed by atoms with Gasteiger partial charge in [-0.05, 0) is 37.0 Å². The van der Waals surface area contributed by atoms with Crippen molar-refractivity contribution in [1.29, 1.82) is 0 Å². The number of amides is 1. The van der Waals surface area contributed by atoms with Crippen LogP contribution >= 0.6 is 0 Å². The molecule has 122 valence electrons. The summed E-state index contributed by atoms with van der Waals surface area (Å²) in [7, 11) is 0. The number of hydrogen-bond acceptors (Lipinski definition) is 3. The molecule has 0 aromatic heterocycles. The summed E-state index contributed by atoms with van der Waals surface area (Å²) in [6.07, 6.45) is 3.62. The number of carbonyl (C=O) groups is 2. The van der Waals surface area contributed by atoms with Crippen molar-refractivity contribution in [3.63, 3.8) is 0 Å². The maximum absolute atomic E-state index is 12.6. The van der Waals surface area contributed by atoms with Gasteiger partial charge in [-0.25, -0.2) is 0 Å². The van der Waals surface area contributed by atoms with E-state index in [9.17, 15) is 9.59 Å². The molecule has 5 nitrogen and oxygen atoms in total. The first-order valence-electron chi connectivity index (χ1n) is 7.93. The normalized spacial score (nSPS) is 21.1. The molecule has 1 aliphatic rings. The van der Waals surface area contributed by atoms with Gasteiger partial charge in [-0.2, -0.15) is 0 Å². The number of piperidine rings is 1. The molecule has 2 atom stereocenters. The van der Waals surface area contributed by atoms with Gasteiger partial charge in [-0.15, -0.1) is 0 Å². The fourth-order valence-electron chi connectivity index (χ4n) is 3.10. The maximum Gasteiger partial charge on any atom is 0.303 e. The third-order valence-electron chi connectivity index (χ3n) is 4.09. The lowest BCUT2D eigenvalue weighted by atomic mass is 9.83. The van der Waals surface area contributed by atoms with Gasteiger partial charge >= 0.3 is 5.97 Å². The Hall–Kier alpha value is -1.10. The number of nitrogens with two attached hydrogens (primary N) is 1. The van der Waals surface area contributed by atoms with Crippen molar-refractivity contribution < 1.29 is 14.7 Å². The number of nitrogens with zero attached hydrogens (tertiary/aromatic N) is 1. The highest BCUT2D eigenvalue weighted by Gasteiger charge is 2.30. The molecule has 2 unspecified atom stereocenters. The molecule has 0 radical (unpaired) electrons. The second-order valence-corrected chi connectivity index (χ2v) is 7.42. The zero-order valence-electron chi connectivity index (χ0n) is 13.6. The lowest BCUT2D eigenvalue weighted by Crippen LogP contribution is -2.45. The highest BCUT2D eigenvalue weighted by Crippen LogP contribution is 2.27. The predicted octanol–water partition coefficient (Wildman–Crippen LogP) is 2.10. The molecule has 0 aliphatic carbocycles. The number of hydrogen-bond donors (Lipinski definition) is 2. The third kappa shape index (κ3) is 6.46. The lowest BCUT2D eigenvalue weighted by Gasteiger charge is -2.36. The summed E-state index contributed by atoms with van der Waals surface area (Å²) in [6.45, 7) is 8.21. The van der Waals surface area contributed by atoms with Crippen LogP contribution in [-0.2, 0) is 9.59 Å². The van der Waals surface area contributed by atoms with E-state index in [1.165, 1.54) is 0 Å². The van der Waals surface area contributed by atoms with Gasteiger partial charge in [0.15, 0.2) is 0 Å². The predicted molar refractivity (Wildman–Crippen MR) is 82.8 cm³/mol. The van der Waals surface area contributed by atoms with Crippen LogP contribution in [0, 0.1) is 17.3 Å². The van der Waals surface area contributed by atoms with E-state index in [0.29, 0.717) is 25.4 Å². The van der Waals surface area contributed by atoms with Crippen molar-refractivity contribution in [2.45, 2.75) is 52.9 Å². The highest BCUT2D eigenvalue weighted by molar-refractivity contribution is 5.79. The second kappa shape index (κ2) is 7.78. The van der Waals surface area contributed by atoms with E-state index < -0.39 is 5.97 Å². The van der Waals surface area contributed by atoms with Crippen LogP contribution in [0.3, 0.4) is 0 Å². The van der Waals surface area contributed by atoms with Gasteiger partial charge in [-0.3, -0.25) is 9.59 Å². The second-order valence-electron chi connectivity index (χ2n) is 7.42. The summed E-state index contributed by atoms with van der Waals surface area (Å²) in [5.74, 6) is -0.423. The number of likely N-dealkylation sites (tertiary alicyclic amines) is 1. The molecule has 21 heavy (non-hydrogen) atoms. The van der Waals surface area contributed by atoms with Gasteiger partial charge in [0.05, 0.1) is 5.92 Å². The molecule has 0 aromatic rings. The monoisotopic (exact) mass is 298 g/mol. The molecule has 1 heterocycles. The average Bonchev–Trinajstić information content (AvgIpc) is 2.41. The number of carboxylic acid groups (broad SMARTS) is 1. The molecule has 1 saturated heterocycles. The Morgan fingerprint density at radius 1 is 1.38 bits per heavy atom. The molecule has 0 aromatic carbocycles. The Balaban J connectivity index is 2.57. The SMILES string of the molecule is CC(C)(C)CC(CN)C(=O)N1CCCC(CCC(=O)O)C1. The van der Waals surface area contributed by atoms with Crippen LogP contribution in [0.4, 0.5) is 0 Å². The number of aliphatic carboxylic acids is 1. The van der Waals surface area contributed by atoms with Gasteiger partial charge in [0, 0.05) is 26.1 Å². The standard InChI is InChI=1S/C16H30N2O3/c1-16(2,3)9-13(10-17)15(21)18-8-4-5-12(11-18)6-7-14(19)20/h12-13H,4-11,17H2,1-3H3,(H,19,20). The van der Waals surface area contributed by atoms with Crippen molar-refractivity contribution in [2.24, 2.45) is 23.0 Å². The first-order chi connectivity index (χ1) is 9.73. The minimum absolute atomic E-state index is 0.0815. The summed E-state index contributed by atoms with van der Waals surface area (Å²) >= 11 is 0. The van der Waals surface area contributed by atoms with Crippen molar-refractivity contribution >= 4 is 11.9 Å². The van der Waals surface area contributed by atoms with E-state index in [0.717, 1.165) is 25.8 Å². The van der Waals surface area contributed by atoms with Crippen LogP contribution in [0.1, 0.15) is 52.9 Å². The molecule has 1 amide bonds. The topological polar surface area (TPSA) is 83.6 Å². The maximum atomic E-state index is 12.6. The van der Waals surface area contributed by atoms with Crippen molar-refractivity contribution in [3.05, 3.63) is 0 Å². The highest BCUT2D eigenvalue weighted by atomic mass is 16.4. The Labute approximate surface area is 127 Å². The van der Waals surface area contributed by atoms with E-state index in [-0.39, 0.29) is 23.7 Å². The first kappa shape index (κ1) is 18.0. The van der Waals surface area contributed by atoms with E-state index in [1.807, 2.05) is 4.90 Å². The summed E-state index contributed by atoms with van der Waals surface area (Å²) in [6, 6.07) is 0. The van der Waals surface area contributed by atoms with Gasteiger partial charge in [0.25, 0.3) is 0 Å². The lowest BCUT2D eigenvalue weighted by molar-refractivity contribution is -0.138. The Kier molecular flexibility index (Phi) is 6.65. The van der Waals surface area contributed by atoms with Crippen LogP contribution in [0.2, 0.25) is 0 Å². The van der Waals surface area contributed by atoms with Crippen LogP contribution in [0.25, 0.3) is 0 Å². The third-order valence-corrected chi connectivity index (χ3v) is 4.09. The number of carboxylic acids is 1. The fraction of sp³-hybridized carbons (Fsp3) is 0.875. The molecule has 0 bridgehead atoms. The summed E-state index contributed by atoms with van der Waals surface area (Å²) in [4.78, 5) is 25.2. The van der Waals surface area contributed by atoms with Crippen LogP contribution in [-0.4, -0.2) is 41.5 Å². The zero-order valence-corrected chi connectivity index (χ0v) is 13.6. The van der Waals surface area contributed by atoms with Crippen molar-refractivity contribution in [3.8, 4) is 0 Å². The van der Waals surface area contributed by atoms with Crippen molar-refractivity contribution in [2.75, 3.05) is 19.6 Å². The molecular formula is C16H30N2O3. The van der Waals surface area contributed by atoms with Gasteiger partial charge in [0.2, 0.25) is 5.91 Å². The van der Waals surface area contributed by atoms with E-state index in [4.69, 9.17) is 10.8 Å². The minimum Gasteiger partial charge on any atom is -0.481 e. The molecular weight excluding hydrogens is 268 g/mol. The Morgan fingerprint density at radius 3 is 2.57 bits per heavy atom. The molecule has 0 saturated carbocycles. The van der Waals surface area contributed by atoms with Gasteiger partial charge < -0.3 is 15.7 Å². The average molecular weight is 298 g/mol. The van der Waals surface area contributed by atoms with Crippen LogP contribution in [0.5, 0.6) is 0 Å². The van der Waals surface area contributed by atoms with Crippen LogP contribution in [0.15, 0.2) is 0 Å². The Bertz CT molecular complexity index is 363. The molecule has 3 N–H and O–H groups in total. The number of rotatable bonds is 6. The smallest absolute Gasteiger partial charge is 0.303 e. The van der Waals surface area contributed by atoms with E-state index in [2.05, 4.69) is 20.8 Å². The minimum atomic E-state index is -0.758. The van der Waals surface area contributed by atoms with Gasteiger partial charge in [0.1, 0.15) is 0 Å². The zero-order chi connectivity index (χ0) is 16.0. The summed E-state index contributed by atoms with van der Waals surface area (Å²) in [5, 5.41) is 8.78. The Morgan fingerprint density at radius 2 is 2.05 bits per heavy atom. The van der Waals surface area contributed by atoms with Crippen LogP contribution < -0.4 is 5.73 Å². The molecule has 0 spiro atoms. The molecule has 5 heteroatoms. The number of carbonyl (C=O) groups excluding carboxylic acids is 1. The van der Waals surface area contributed by atoms with E-state index >= 15 is 0 Å². The molecule has 1 aliphatic heterocycles. The van der Waals surface area contributed by atoms with Gasteiger partial charge in [-0.1, -0.05) is 20.8 Å². The largest absolute Gasteiger partial charge is 0.481 e. The molecule has 1 rings (SSSR count). The van der Waals surface area contributed by atoms with E-state index in [1.54, 1.807) is 0 Å². The van der Waals surface area contributed by atoms with Crippen molar-refractivity contribution in [1.82, 2.24) is 4.90 Å². The molecule has 1 fully saturated rings. The summed E-state index contributed by atoms with van der Waals surface area (Å²) < 4.78 is 0. The summed E-state index contributed by atoms with van der Waals surface area (Å²) in [5.41, 5.74) is 5.88. The first-order valence-corrected chi connectivity index (χ1v) is 7.93. The fourth-order valence-corrected chi connectivity index (χ4v) is 3.10. The quantitative estimate of drug-likeness (QED) is 0.786.